The molecule has 1 saturated carbocycles. The van der Waals surface area contributed by atoms with Crippen molar-refractivity contribution in [1.82, 2.24) is 10.3 Å². The quantitative estimate of drug-likeness (QED) is 0.254. The van der Waals surface area contributed by atoms with Crippen molar-refractivity contribution in [2.75, 3.05) is 19.1 Å². The molecule has 8 nitrogen and oxygen atoms in total. The van der Waals surface area contributed by atoms with Gasteiger partial charge in [0.2, 0.25) is 11.8 Å². The van der Waals surface area contributed by atoms with Crippen LogP contribution in [0.5, 0.6) is 17.2 Å². The van der Waals surface area contributed by atoms with Gasteiger partial charge in [-0.2, -0.15) is 0 Å². The van der Waals surface area contributed by atoms with Crippen LogP contribution in [0.2, 0.25) is 0 Å². The van der Waals surface area contributed by atoms with E-state index in [0.717, 1.165) is 48.6 Å². The number of amides is 2. The first kappa shape index (κ1) is 27.1. The molecule has 1 aromatic heterocycles. The van der Waals surface area contributed by atoms with Crippen LogP contribution in [0, 0.1) is 0 Å². The number of methoxy groups -OCH3 is 2. The summed E-state index contributed by atoms with van der Waals surface area (Å²) in [5.41, 5.74) is 2.86. The van der Waals surface area contributed by atoms with Crippen molar-refractivity contribution in [3.63, 3.8) is 0 Å². The van der Waals surface area contributed by atoms with Crippen molar-refractivity contribution in [1.29, 1.82) is 0 Å². The maximum atomic E-state index is 14.3. The molecule has 3 aromatic carbocycles. The first-order valence-electron chi connectivity index (χ1n) is 13.7. The second-order valence-corrected chi connectivity index (χ2v) is 10.2. The number of hydrogen-bond acceptors (Lipinski definition) is 5. The predicted octanol–water partition coefficient (Wildman–Crippen LogP) is 5.66. The molecule has 40 heavy (non-hydrogen) atoms. The molecule has 1 heterocycles. The van der Waals surface area contributed by atoms with Crippen LogP contribution in [-0.2, 0) is 16.0 Å². The van der Waals surface area contributed by atoms with Crippen LogP contribution >= 0.6 is 0 Å². The van der Waals surface area contributed by atoms with Gasteiger partial charge in [0.1, 0.15) is 11.8 Å². The number of hydrogen-bond donors (Lipinski definition) is 3. The molecule has 0 spiro atoms. The molecule has 2 amide bonds. The highest BCUT2D eigenvalue weighted by Crippen LogP contribution is 2.37. The van der Waals surface area contributed by atoms with Gasteiger partial charge in [-0.05, 0) is 54.3 Å². The van der Waals surface area contributed by atoms with Crippen molar-refractivity contribution in [3.8, 4) is 17.2 Å². The van der Waals surface area contributed by atoms with Crippen molar-refractivity contribution < 1.29 is 24.2 Å². The van der Waals surface area contributed by atoms with Crippen LogP contribution in [0.25, 0.3) is 10.9 Å². The maximum Gasteiger partial charge on any atom is 0.248 e. The predicted molar refractivity (Wildman–Crippen MR) is 155 cm³/mol. The van der Waals surface area contributed by atoms with Crippen LogP contribution in [-0.4, -0.2) is 42.2 Å². The number of aromatic hydroxyl groups is 1. The maximum absolute atomic E-state index is 14.3. The van der Waals surface area contributed by atoms with E-state index in [1.165, 1.54) is 24.1 Å². The van der Waals surface area contributed by atoms with Crippen LogP contribution in [0.15, 0.2) is 72.9 Å². The lowest BCUT2D eigenvalue weighted by Gasteiger charge is -2.34. The lowest BCUT2D eigenvalue weighted by Crippen LogP contribution is -2.47. The number of aromatic nitrogens is 1. The molecule has 5 rings (SSSR count). The minimum absolute atomic E-state index is 0.0526. The van der Waals surface area contributed by atoms with Gasteiger partial charge >= 0.3 is 0 Å². The average Bonchev–Trinajstić information content (AvgIpc) is 3.39. The number of phenols is 1. The smallest absolute Gasteiger partial charge is 0.248 e. The highest BCUT2D eigenvalue weighted by molar-refractivity contribution is 6.03. The number of phenolic OH excluding ortho intramolecular Hbond substituents is 1. The van der Waals surface area contributed by atoms with Gasteiger partial charge in [-0.1, -0.05) is 49.6 Å². The standard InChI is InChI=1S/C32H35N3O5/c1-39-28-17-14-24(19-29(28)40-2)35(30(37)18-22-20-33-27-11-7-6-10-26(22)27)31(21-12-15-25(36)16-13-21)32(38)34-23-8-4-3-5-9-23/h6-7,10-17,19-20,23,31,33,36H,3-5,8-9,18H2,1-2H3,(H,34,38). The monoisotopic (exact) mass is 541 g/mol. The summed E-state index contributed by atoms with van der Waals surface area (Å²) in [6.07, 6.45) is 7.02. The molecule has 0 radical (unpaired) electrons. The number of benzene rings is 3. The van der Waals surface area contributed by atoms with Gasteiger partial charge in [-0.25, -0.2) is 0 Å². The average molecular weight is 542 g/mol. The molecule has 3 N–H and O–H groups in total. The molecule has 1 aliphatic rings. The topological polar surface area (TPSA) is 104 Å². The number of anilines is 1. The first-order chi connectivity index (χ1) is 19.5. The van der Waals surface area contributed by atoms with Gasteiger partial charge in [-0.15, -0.1) is 0 Å². The van der Waals surface area contributed by atoms with E-state index < -0.39 is 6.04 Å². The Hall–Kier alpha value is -4.46. The van der Waals surface area contributed by atoms with E-state index in [1.807, 2.05) is 30.5 Å². The highest BCUT2D eigenvalue weighted by Gasteiger charge is 2.35. The SMILES string of the molecule is COc1ccc(N(C(=O)Cc2c[nH]c3ccccc23)C(C(=O)NC2CCCCC2)c2ccc(O)cc2)cc1OC. The van der Waals surface area contributed by atoms with Gasteiger partial charge in [-0.3, -0.25) is 14.5 Å². The fourth-order valence-electron chi connectivity index (χ4n) is 5.54. The van der Waals surface area contributed by atoms with Crippen molar-refractivity contribution in [2.45, 2.75) is 50.6 Å². The third kappa shape index (κ3) is 5.76. The van der Waals surface area contributed by atoms with Crippen LogP contribution < -0.4 is 19.7 Å². The second-order valence-electron chi connectivity index (χ2n) is 10.2. The largest absolute Gasteiger partial charge is 0.508 e. The summed E-state index contributed by atoms with van der Waals surface area (Å²) in [4.78, 5) is 33.1. The van der Waals surface area contributed by atoms with E-state index in [4.69, 9.17) is 9.47 Å². The van der Waals surface area contributed by atoms with Gasteiger partial charge in [0.25, 0.3) is 0 Å². The van der Waals surface area contributed by atoms with E-state index >= 15 is 0 Å². The summed E-state index contributed by atoms with van der Waals surface area (Å²) in [6, 6.07) is 18.5. The van der Waals surface area contributed by atoms with Gasteiger partial charge in [0, 0.05) is 34.9 Å². The van der Waals surface area contributed by atoms with Gasteiger partial charge < -0.3 is 24.9 Å². The fourth-order valence-corrected chi connectivity index (χ4v) is 5.54. The molecular weight excluding hydrogens is 506 g/mol. The van der Waals surface area contributed by atoms with Crippen molar-refractivity contribution in [2.24, 2.45) is 0 Å². The Morgan fingerprint density at radius 3 is 2.42 bits per heavy atom. The minimum atomic E-state index is -0.974. The van der Waals surface area contributed by atoms with E-state index in [1.54, 1.807) is 37.4 Å². The summed E-state index contributed by atoms with van der Waals surface area (Å²) in [7, 11) is 3.08. The zero-order valence-corrected chi connectivity index (χ0v) is 22.9. The summed E-state index contributed by atoms with van der Waals surface area (Å²) >= 11 is 0. The lowest BCUT2D eigenvalue weighted by molar-refractivity contribution is -0.127. The minimum Gasteiger partial charge on any atom is -0.508 e. The van der Waals surface area contributed by atoms with Crippen LogP contribution in [0.1, 0.15) is 49.3 Å². The molecule has 0 bridgehead atoms. The fraction of sp³-hybridized carbons (Fsp3) is 0.312. The van der Waals surface area contributed by atoms with Crippen LogP contribution in [0.4, 0.5) is 5.69 Å². The number of aromatic amines is 1. The summed E-state index contributed by atoms with van der Waals surface area (Å²) in [6.45, 7) is 0. The summed E-state index contributed by atoms with van der Waals surface area (Å²) < 4.78 is 11.0. The van der Waals surface area contributed by atoms with E-state index in [2.05, 4.69) is 10.3 Å². The Labute approximate surface area is 233 Å². The van der Waals surface area contributed by atoms with Crippen molar-refractivity contribution >= 4 is 28.4 Å². The Kier molecular flexibility index (Phi) is 8.24. The number of fused-ring (bicyclic) bond motifs is 1. The van der Waals surface area contributed by atoms with E-state index in [0.29, 0.717) is 22.7 Å². The summed E-state index contributed by atoms with van der Waals surface area (Å²) in [5.74, 6) is 0.525. The second kappa shape index (κ2) is 12.2. The first-order valence-corrected chi connectivity index (χ1v) is 13.7. The molecule has 1 aliphatic carbocycles. The van der Waals surface area contributed by atoms with Gasteiger partial charge in [0.15, 0.2) is 11.5 Å². The van der Waals surface area contributed by atoms with Crippen LogP contribution in [0.3, 0.4) is 0 Å². The third-order valence-electron chi connectivity index (χ3n) is 7.60. The van der Waals surface area contributed by atoms with Gasteiger partial charge in [0.05, 0.1) is 20.6 Å². The van der Waals surface area contributed by atoms with E-state index in [-0.39, 0.29) is 30.0 Å². The molecular formula is C32H35N3O5. The number of ether oxygens (including phenoxy) is 2. The number of nitrogens with one attached hydrogen (secondary N) is 2. The highest BCUT2D eigenvalue weighted by atomic mass is 16.5. The molecule has 208 valence electrons. The number of nitrogens with zero attached hydrogens (tertiary/aromatic N) is 1. The Morgan fingerprint density at radius 1 is 0.975 bits per heavy atom. The molecule has 8 heteroatoms. The zero-order chi connectivity index (χ0) is 28.1. The molecule has 1 fully saturated rings. The summed E-state index contributed by atoms with van der Waals surface area (Å²) in [5, 5.41) is 14.2. The number of carbonyl (C=O) groups excluding carboxylic acids is 2. The number of H-pyrrole nitrogens is 1. The molecule has 0 saturated heterocycles. The third-order valence-corrected chi connectivity index (χ3v) is 7.60. The molecule has 0 aliphatic heterocycles. The molecule has 1 unspecified atom stereocenters. The van der Waals surface area contributed by atoms with E-state index in [9.17, 15) is 14.7 Å². The number of para-hydroxylation sites is 1. The Balaban J connectivity index is 1.60. The number of carbonyl (C=O) groups is 2. The normalized spacial score (nSPS) is 14.4. The Morgan fingerprint density at radius 2 is 1.70 bits per heavy atom. The molecule has 1 atom stereocenters. The number of rotatable bonds is 9. The van der Waals surface area contributed by atoms with Crippen molar-refractivity contribution in [3.05, 3.63) is 84.1 Å². The lowest BCUT2D eigenvalue weighted by atomic mass is 9.94. The Bertz CT molecular complexity index is 1470. The zero-order valence-electron chi connectivity index (χ0n) is 22.9. The molecule has 4 aromatic rings.